The van der Waals surface area contributed by atoms with E-state index in [2.05, 4.69) is 20.9 Å². The Kier molecular flexibility index (Phi) is 4.04. The summed E-state index contributed by atoms with van der Waals surface area (Å²) in [6, 6.07) is 9.19. The molecule has 0 bridgehead atoms. The van der Waals surface area contributed by atoms with E-state index in [1.54, 1.807) is 24.3 Å². The molecule has 1 aromatic carbocycles. The van der Waals surface area contributed by atoms with Crippen molar-refractivity contribution in [3.8, 4) is 5.69 Å². The summed E-state index contributed by atoms with van der Waals surface area (Å²) in [5.41, 5.74) is -1.81. The number of nitrogens with zero attached hydrogens (tertiary/aromatic N) is 3. The average Bonchev–Trinajstić information content (AvgIpc) is 2.51. The lowest BCUT2D eigenvalue weighted by Gasteiger charge is -2.14. The van der Waals surface area contributed by atoms with Crippen LogP contribution in [0.4, 0.5) is 13.2 Å². The summed E-state index contributed by atoms with van der Waals surface area (Å²) in [5.74, 6) is 0. The Morgan fingerprint density at radius 2 is 1.88 bits per heavy atom. The van der Waals surface area contributed by atoms with Crippen LogP contribution in [0, 0.1) is 0 Å². The van der Waals surface area contributed by atoms with Crippen LogP contribution in [0.15, 0.2) is 56.7 Å². The van der Waals surface area contributed by atoms with Crippen molar-refractivity contribution in [1.82, 2.24) is 14.1 Å². The lowest BCUT2D eigenvalue weighted by Crippen LogP contribution is -2.43. The van der Waals surface area contributed by atoms with Gasteiger partial charge in [0.2, 0.25) is 0 Å². The molecule has 0 spiro atoms. The van der Waals surface area contributed by atoms with Crippen molar-refractivity contribution in [3.63, 3.8) is 0 Å². The Balaban J connectivity index is 2.44. The van der Waals surface area contributed by atoms with Gasteiger partial charge in [-0.1, -0.05) is 22.0 Å². The van der Waals surface area contributed by atoms with Crippen molar-refractivity contribution >= 4 is 27.0 Å². The zero-order valence-electron chi connectivity index (χ0n) is 11.9. The van der Waals surface area contributed by atoms with Crippen LogP contribution in [0.1, 0.15) is 0 Å². The number of hydrogen-bond acceptors (Lipinski definition) is 3. The summed E-state index contributed by atoms with van der Waals surface area (Å²) >= 11 is 3.25. The molecule has 3 rings (SSSR count). The quantitative estimate of drug-likeness (QED) is 0.665. The molecule has 0 aliphatic carbocycles. The highest BCUT2D eigenvalue weighted by Crippen LogP contribution is 2.19. The predicted octanol–water partition coefficient (Wildman–Crippen LogP) is 2.87. The lowest BCUT2D eigenvalue weighted by molar-refractivity contribution is -0.141. The molecule has 0 amide bonds. The van der Waals surface area contributed by atoms with Gasteiger partial charge in [-0.2, -0.15) is 13.2 Å². The van der Waals surface area contributed by atoms with E-state index in [-0.39, 0.29) is 15.6 Å². The molecule has 24 heavy (non-hydrogen) atoms. The normalized spacial score (nSPS) is 11.8. The van der Waals surface area contributed by atoms with Gasteiger partial charge >= 0.3 is 11.9 Å². The lowest BCUT2D eigenvalue weighted by atomic mass is 10.3. The van der Waals surface area contributed by atoms with Crippen molar-refractivity contribution in [2.75, 3.05) is 0 Å². The van der Waals surface area contributed by atoms with Crippen LogP contribution in [0.3, 0.4) is 0 Å². The molecule has 0 atom stereocenters. The Hall–Kier alpha value is -2.42. The van der Waals surface area contributed by atoms with Crippen LogP contribution >= 0.6 is 15.9 Å². The second-order valence-corrected chi connectivity index (χ2v) is 5.89. The maximum absolute atomic E-state index is 12.8. The molecular formula is C15H9BrF3N3O2. The summed E-state index contributed by atoms with van der Waals surface area (Å²) in [5, 5.41) is -0.0682. The topological polar surface area (TPSA) is 56.9 Å². The number of alkyl halides is 3. The van der Waals surface area contributed by atoms with E-state index in [9.17, 15) is 22.8 Å². The summed E-state index contributed by atoms with van der Waals surface area (Å²) < 4.78 is 40.1. The SMILES string of the molecule is O=c1c2cccnc2n(-c2cccc(Br)c2)c(=O)n1CC(F)(F)F. The van der Waals surface area contributed by atoms with Crippen molar-refractivity contribution in [3.05, 3.63) is 67.9 Å². The fraction of sp³-hybridized carbons (Fsp3) is 0.133. The molecule has 0 fully saturated rings. The standard InChI is InChI=1S/C15H9BrF3N3O2/c16-9-3-1-4-10(7-9)22-12-11(5-2-6-20-12)13(23)21(14(22)24)8-15(17,18)19/h1-7H,8H2. The fourth-order valence-corrected chi connectivity index (χ4v) is 2.74. The van der Waals surface area contributed by atoms with Crippen molar-refractivity contribution in [2.45, 2.75) is 12.7 Å². The van der Waals surface area contributed by atoms with Crippen molar-refractivity contribution in [2.24, 2.45) is 0 Å². The molecule has 0 aliphatic rings. The van der Waals surface area contributed by atoms with Crippen LogP contribution in [0.2, 0.25) is 0 Å². The van der Waals surface area contributed by atoms with E-state index >= 15 is 0 Å². The van der Waals surface area contributed by atoms with Gasteiger partial charge in [-0.25, -0.2) is 14.3 Å². The summed E-state index contributed by atoms with van der Waals surface area (Å²) in [6.07, 6.45) is -3.34. The second-order valence-electron chi connectivity index (χ2n) is 4.98. The minimum absolute atomic E-state index is 0.00373. The fourth-order valence-electron chi connectivity index (χ4n) is 2.35. The van der Waals surface area contributed by atoms with Crippen molar-refractivity contribution < 1.29 is 13.2 Å². The number of aromatic nitrogens is 3. The third kappa shape index (κ3) is 2.99. The Morgan fingerprint density at radius 3 is 2.54 bits per heavy atom. The largest absolute Gasteiger partial charge is 0.406 e. The first-order chi connectivity index (χ1) is 11.3. The van der Waals surface area contributed by atoms with E-state index in [0.29, 0.717) is 10.2 Å². The molecule has 2 aromatic heterocycles. The maximum Gasteiger partial charge on any atom is 0.406 e. The molecule has 124 valence electrons. The number of fused-ring (bicyclic) bond motifs is 1. The molecule has 0 N–H and O–H groups in total. The molecule has 9 heteroatoms. The molecule has 5 nitrogen and oxygen atoms in total. The molecule has 0 unspecified atom stereocenters. The average molecular weight is 400 g/mol. The zero-order valence-corrected chi connectivity index (χ0v) is 13.5. The van der Waals surface area contributed by atoms with Crippen LogP contribution < -0.4 is 11.2 Å². The van der Waals surface area contributed by atoms with Crippen LogP contribution in [0.5, 0.6) is 0 Å². The number of benzene rings is 1. The zero-order chi connectivity index (χ0) is 17.5. The number of rotatable bonds is 2. The van der Waals surface area contributed by atoms with Gasteiger partial charge in [0.15, 0.2) is 5.65 Å². The minimum atomic E-state index is -4.70. The minimum Gasteiger partial charge on any atom is -0.268 e. The van der Waals surface area contributed by atoms with Gasteiger partial charge in [0.05, 0.1) is 11.1 Å². The highest BCUT2D eigenvalue weighted by Gasteiger charge is 2.31. The van der Waals surface area contributed by atoms with Gasteiger partial charge in [-0.3, -0.25) is 9.36 Å². The van der Waals surface area contributed by atoms with E-state index in [4.69, 9.17) is 0 Å². The first-order valence-electron chi connectivity index (χ1n) is 6.71. The first-order valence-corrected chi connectivity index (χ1v) is 7.50. The predicted molar refractivity (Wildman–Crippen MR) is 85.4 cm³/mol. The molecule has 3 aromatic rings. The van der Waals surface area contributed by atoms with Gasteiger partial charge in [-0.05, 0) is 30.3 Å². The smallest absolute Gasteiger partial charge is 0.268 e. The second kappa shape index (κ2) is 5.90. The third-order valence-electron chi connectivity index (χ3n) is 3.30. The molecule has 0 saturated heterocycles. The monoisotopic (exact) mass is 399 g/mol. The molecule has 0 saturated carbocycles. The molecule has 0 aliphatic heterocycles. The number of pyridine rings is 1. The molecule has 2 heterocycles. The Bertz CT molecular complexity index is 1040. The van der Waals surface area contributed by atoms with E-state index in [1.165, 1.54) is 18.3 Å². The van der Waals surface area contributed by atoms with Crippen LogP contribution in [-0.2, 0) is 6.54 Å². The summed E-state index contributed by atoms with van der Waals surface area (Å²) in [6.45, 7) is -1.66. The molecular weight excluding hydrogens is 391 g/mol. The molecule has 0 radical (unpaired) electrons. The van der Waals surface area contributed by atoms with Crippen molar-refractivity contribution in [1.29, 1.82) is 0 Å². The van der Waals surface area contributed by atoms with E-state index in [1.807, 2.05) is 0 Å². The maximum atomic E-state index is 12.8. The van der Waals surface area contributed by atoms with Gasteiger partial charge in [-0.15, -0.1) is 0 Å². The first kappa shape index (κ1) is 16.4. The van der Waals surface area contributed by atoms with Crippen LogP contribution in [-0.4, -0.2) is 20.3 Å². The number of hydrogen-bond donors (Lipinski definition) is 0. The Labute approximate surface area is 141 Å². The Morgan fingerprint density at radius 1 is 1.12 bits per heavy atom. The highest BCUT2D eigenvalue weighted by atomic mass is 79.9. The van der Waals surface area contributed by atoms with Gasteiger partial charge in [0.1, 0.15) is 6.54 Å². The van der Waals surface area contributed by atoms with Gasteiger partial charge < -0.3 is 0 Å². The summed E-state index contributed by atoms with van der Waals surface area (Å²) in [4.78, 5) is 28.8. The van der Waals surface area contributed by atoms with Gasteiger partial charge in [0, 0.05) is 10.7 Å². The van der Waals surface area contributed by atoms with E-state index in [0.717, 1.165) is 4.57 Å². The number of halogens is 4. The summed E-state index contributed by atoms with van der Waals surface area (Å²) in [7, 11) is 0. The third-order valence-corrected chi connectivity index (χ3v) is 3.79. The highest BCUT2D eigenvalue weighted by molar-refractivity contribution is 9.10. The van der Waals surface area contributed by atoms with Crippen LogP contribution in [0.25, 0.3) is 16.7 Å². The van der Waals surface area contributed by atoms with E-state index < -0.39 is 24.0 Å². The van der Waals surface area contributed by atoms with Gasteiger partial charge in [0.25, 0.3) is 5.56 Å².